The highest BCUT2D eigenvalue weighted by atomic mass is 16.3. The summed E-state index contributed by atoms with van der Waals surface area (Å²) in [5.41, 5.74) is 4.83. The fourth-order valence-corrected chi connectivity index (χ4v) is 1.83. The van der Waals surface area contributed by atoms with Gasteiger partial charge in [0.05, 0.1) is 5.60 Å². The lowest BCUT2D eigenvalue weighted by Crippen LogP contribution is -2.39. The molecule has 0 amide bonds. The summed E-state index contributed by atoms with van der Waals surface area (Å²) in [5.74, 6) is 0.683. The van der Waals surface area contributed by atoms with E-state index in [2.05, 4.69) is 19.2 Å². The van der Waals surface area contributed by atoms with E-state index in [0.29, 0.717) is 25.0 Å². The molecule has 0 spiro atoms. The van der Waals surface area contributed by atoms with E-state index < -0.39 is 5.60 Å². The highest BCUT2D eigenvalue weighted by molar-refractivity contribution is 4.94. The van der Waals surface area contributed by atoms with Crippen LogP contribution in [0.15, 0.2) is 0 Å². The van der Waals surface area contributed by atoms with Crippen LogP contribution < -0.4 is 11.1 Å². The molecule has 1 rings (SSSR count). The molecule has 4 N–H and O–H groups in total. The second-order valence-electron chi connectivity index (χ2n) is 4.34. The van der Waals surface area contributed by atoms with Crippen LogP contribution in [0, 0.1) is 5.92 Å². The van der Waals surface area contributed by atoms with Gasteiger partial charge in [-0.15, -0.1) is 0 Å². The van der Waals surface area contributed by atoms with E-state index in [1.54, 1.807) is 0 Å². The SMILES string of the molecule is CC(C)C[C@@H]1CC(O)(CN)CN1. The van der Waals surface area contributed by atoms with Crippen LogP contribution in [0.3, 0.4) is 0 Å². The Morgan fingerprint density at radius 1 is 1.67 bits per heavy atom. The van der Waals surface area contributed by atoms with Gasteiger partial charge in [-0.25, -0.2) is 0 Å². The third kappa shape index (κ3) is 2.44. The summed E-state index contributed by atoms with van der Waals surface area (Å²) >= 11 is 0. The van der Waals surface area contributed by atoms with Crippen LogP contribution >= 0.6 is 0 Å². The molecule has 1 fully saturated rings. The van der Waals surface area contributed by atoms with E-state index in [9.17, 15) is 5.11 Å². The molecule has 0 saturated carbocycles. The highest BCUT2D eigenvalue weighted by Crippen LogP contribution is 2.22. The Morgan fingerprint density at radius 2 is 2.33 bits per heavy atom. The molecule has 72 valence electrons. The first kappa shape index (κ1) is 9.96. The molecule has 1 aliphatic rings. The second-order valence-corrected chi connectivity index (χ2v) is 4.34. The predicted molar refractivity (Wildman–Crippen MR) is 49.9 cm³/mol. The van der Waals surface area contributed by atoms with E-state index in [0.717, 1.165) is 12.8 Å². The molecule has 1 saturated heterocycles. The van der Waals surface area contributed by atoms with Gasteiger partial charge in [-0.2, -0.15) is 0 Å². The van der Waals surface area contributed by atoms with Gasteiger partial charge < -0.3 is 16.2 Å². The number of hydrogen-bond acceptors (Lipinski definition) is 3. The van der Waals surface area contributed by atoms with Crippen molar-refractivity contribution in [2.45, 2.75) is 38.3 Å². The summed E-state index contributed by atoms with van der Waals surface area (Å²) in [4.78, 5) is 0. The maximum absolute atomic E-state index is 9.80. The lowest BCUT2D eigenvalue weighted by Gasteiger charge is -2.19. The van der Waals surface area contributed by atoms with Crippen molar-refractivity contribution in [3.8, 4) is 0 Å². The normalized spacial score (nSPS) is 36.2. The number of hydrogen-bond donors (Lipinski definition) is 3. The first-order chi connectivity index (χ1) is 5.56. The molecule has 0 aromatic heterocycles. The molecule has 3 heteroatoms. The zero-order valence-electron chi connectivity index (χ0n) is 8.01. The first-order valence-electron chi connectivity index (χ1n) is 4.71. The Kier molecular flexibility index (Phi) is 3.09. The van der Waals surface area contributed by atoms with Crippen molar-refractivity contribution >= 4 is 0 Å². The lowest BCUT2D eigenvalue weighted by molar-refractivity contribution is 0.0673. The molecular formula is C9H20N2O. The number of aliphatic hydroxyl groups is 1. The Balaban J connectivity index is 2.35. The molecule has 0 aromatic carbocycles. The van der Waals surface area contributed by atoms with Gasteiger partial charge in [0.15, 0.2) is 0 Å². The van der Waals surface area contributed by atoms with Crippen molar-refractivity contribution in [1.82, 2.24) is 5.32 Å². The van der Waals surface area contributed by atoms with Crippen LogP contribution in [0.5, 0.6) is 0 Å². The Hall–Kier alpha value is -0.120. The zero-order valence-corrected chi connectivity index (χ0v) is 8.01. The van der Waals surface area contributed by atoms with Gasteiger partial charge >= 0.3 is 0 Å². The van der Waals surface area contributed by atoms with Gasteiger partial charge in [-0.1, -0.05) is 13.8 Å². The molecular weight excluding hydrogens is 152 g/mol. The molecule has 3 nitrogen and oxygen atoms in total. The van der Waals surface area contributed by atoms with Crippen molar-refractivity contribution in [2.24, 2.45) is 11.7 Å². The predicted octanol–water partition coefficient (Wildman–Crippen LogP) is 0.0842. The molecule has 12 heavy (non-hydrogen) atoms. The van der Waals surface area contributed by atoms with E-state index >= 15 is 0 Å². The van der Waals surface area contributed by atoms with E-state index in [1.807, 2.05) is 0 Å². The van der Waals surface area contributed by atoms with Crippen LogP contribution in [0.25, 0.3) is 0 Å². The standard InChI is InChI=1S/C9H20N2O/c1-7(2)3-8-4-9(12,5-10)6-11-8/h7-8,11-12H,3-6,10H2,1-2H3/t8-,9?/m1/s1. The van der Waals surface area contributed by atoms with E-state index in [1.165, 1.54) is 0 Å². The summed E-state index contributed by atoms with van der Waals surface area (Å²) in [6, 6.07) is 0.457. The molecule has 0 bridgehead atoms. The van der Waals surface area contributed by atoms with E-state index in [4.69, 9.17) is 5.73 Å². The third-order valence-electron chi connectivity index (χ3n) is 2.48. The average Bonchev–Trinajstić information content (AvgIpc) is 2.32. The molecule has 1 heterocycles. The summed E-state index contributed by atoms with van der Waals surface area (Å²) in [6.07, 6.45) is 1.93. The minimum absolute atomic E-state index is 0.370. The van der Waals surface area contributed by atoms with Crippen molar-refractivity contribution in [3.05, 3.63) is 0 Å². The van der Waals surface area contributed by atoms with Gasteiger partial charge in [0, 0.05) is 19.1 Å². The van der Waals surface area contributed by atoms with Gasteiger partial charge in [-0.3, -0.25) is 0 Å². The molecule has 0 radical (unpaired) electrons. The zero-order chi connectivity index (χ0) is 9.19. The Bertz CT molecular complexity index is 149. The minimum Gasteiger partial charge on any atom is -0.387 e. The number of rotatable bonds is 3. The molecule has 0 aliphatic carbocycles. The first-order valence-corrected chi connectivity index (χ1v) is 4.71. The third-order valence-corrected chi connectivity index (χ3v) is 2.48. The quantitative estimate of drug-likeness (QED) is 0.565. The molecule has 2 atom stereocenters. The highest BCUT2D eigenvalue weighted by Gasteiger charge is 2.35. The van der Waals surface area contributed by atoms with Gasteiger partial charge in [0.2, 0.25) is 0 Å². The van der Waals surface area contributed by atoms with Crippen LogP contribution in [0.4, 0.5) is 0 Å². The summed E-state index contributed by atoms with van der Waals surface area (Å²) < 4.78 is 0. The van der Waals surface area contributed by atoms with Crippen LogP contribution in [0.2, 0.25) is 0 Å². The summed E-state index contributed by atoms with van der Waals surface area (Å²) in [5, 5.41) is 13.1. The fraction of sp³-hybridized carbons (Fsp3) is 1.00. The van der Waals surface area contributed by atoms with Crippen LogP contribution in [-0.2, 0) is 0 Å². The number of β-amino-alcohol motifs (C(OH)–C–C–N with tert-alkyl or cyclic N) is 1. The maximum atomic E-state index is 9.80. The lowest BCUT2D eigenvalue weighted by atomic mass is 9.96. The Labute approximate surface area is 74.3 Å². The average molecular weight is 172 g/mol. The van der Waals surface area contributed by atoms with Gasteiger partial charge in [0.25, 0.3) is 0 Å². The molecule has 0 aromatic rings. The Morgan fingerprint density at radius 3 is 2.75 bits per heavy atom. The van der Waals surface area contributed by atoms with Gasteiger partial charge in [-0.05, 0) is 18.8 Å². The van der Waals surface area contributed by atoms with Crippen LogP contribution in [0.1, 0.15) is 26.7 Å². The second kappa shape index (κ2) is 3.73. The maximum Gasteiger partial charge on any atom is 0.0907 e. The van der Waals surface area contributed by atoms with Crippen molar-refractivity contribution in [1.29, 1.82) is 0 Å². The van der Waals surface area contributed by atoms with E-state index in [-0.39, 0.29) is 0 Å². The fourth-order valence-electron chi connectivity index (χ4n) is 1.83. The minimum atomic E-state index is -0.639. The van der Waals surface area contributed by atoms with Crippen molar-refractivity contribution in [2.75, 3.05) is 13.1 Å². The summed E-state index contributed by atoms with van der Waals surface area (Å²) in [7, 11) is 0. The smallest absolute Gasteiger partial charge is 0.0907 e. The van der Waals surface area contributed by atoms with Gasteiger partial charge in [0.1, 0.15) is 0 Å². The van der Waals surface area contributed by atoms with Crippen molar-refractivity contribution < 1.29 is 5.11 Å². The van der Waals surface area contributed by atoms with Crippen molar-refractivity contribution in [3.63, 3.8) is 0 Å². The topological polar surface area (TPSA) is 58.3 Å². The molecule has 1 unspecified atom stereocenters. The number of nitrogens with two attached hydrogens (primary N) is 1. The monoisotopic (exact) mass is 172 g/mol. The summed E-state index contributed by atoms with van der Waals surface area (Å²) in [6.45, 7) is 5.42. The largest absolute Gasteiger partial charge is 0.387 e. The molecule has 1 aliphatic heterocycles. The number of nitrogens with one attached hydrogen (secondary N) is 1. The van der Waals surface area contributed by atoms with Crippen LogP contribution in [-0.4, -0.2) is 29.8 Å².